The van der Waals surface area contributed by atoms with E-state index in [1.165, 1.54) is 5.56 Å². The van der Waals surface area contributed by atoms with E-state index in [4.69, 9.17) is 4.74 Å². The first-order chi connectivity index (χ1) is 8.40. The van der Waals surface area contributed by atoms with Crippen molar-refractivity contribution in [2.24, 2.45) is 11.8 Å². The second kappa shape index (κ2) is 6.58. The van der Waals surface area contributed by atoms with Crippen LogP contribution in [-0.4, -0.2) is 18.3 Å². The first-order valence-electron chi connectivity index (χ1n) is 6.27. The minimum Gasteiger partial charge on any atom is -0.396 e. The number of allylic oxidation sites excluding steroid dienone is 2. The molecule has 1 aliphatic carbocycles. The van der Waals surface area contributed by atoms with E-state index in [-0.39, 0.29) is 6.61 Å². The lowest BCUT2D eigenvalue weighted by Crippen LogP contribution is -2.24. The predicted molar refractivity (Wildman–Crippen MR) is 68.5 cm³/mol. The first-order valence-corrected chi connectivity index (χ1v) is 6.27. The van der Waals surface area contributed by atoms with E-state index in [0.717, 1.165) is 19.4 Å². The van der Waals surface area contributed by atoms with Crippen LogP contribution >= 0.6 is 0 Å². The van der Waals surface area contributed by atoms with Crippen LogP contribution in [0, 0.1) is 11.8 Å². The zero-order chi connectivity index (χ0) is 11.9. The molecule has 1 N–H and O–H groups in total. The summed E-state index contributed by atoms with van der Waals surface area (Å²) in [6.45, 7) is 1.67. The highest BCUT2D eigenvalue weighted by atomic mass is 16.5. The highest BCUT2D eigenvalue weighted by Crippen LogP contribution is 2.25. The predicted octanol–water partition coefficient (Wildman–Crippen LogP) is 2.78. The Labute approximate surface area is 103 Å². The minimum atomic E-state index is 0.268. The van der Waals surface area contributed by atoms with Gasteiger partial charge < -0.3 is 9.84 Å². The lowest BCUT2D eigenvalue weighted by molar-refractivity contribution is 0.0486. The van der Waals surface area contributed by atoms with Crippen molar-refractivity contribution >= 4 is 0 Å². The van der Waals surface area contributed by atoms with Crippen molar-refractivity contribution in [1.29, 1.82) is 0 Å². The lowest BCUT2D eigenvalue weighted by atomic mass is 9.84. The Morgan fingerprint density at radius 3 is 2.47 bits per heavy atom. The van der Waals surface area contributed by atoms with Crippen molar-refractivity contribution in [3.8, 4) is 0 Å². The van der Waals surface area contributed by atoms with Gasteiger partial charge >= 0.3 is 0 Å². The number of benzene rings is 1. The van der Waals surface area contributed by atoms with Gasteiger partial charge in [-0.1, -0.05) is 42.5 Å². The molecule has 0 aromatic heterocycles. The van der Waals surface area contributed by atoms with Crippen LogP contribution in [-0.2, 0) is 11.3 Å². The van der Waals surface area contributed by atoms with Gasteiger partial charge in [-0.2, -0.15) is 0 Å². The molecule has 2 nitrogen and oxygen atoms in total. The molecule has 1 aromatic rings. The van der Waals surface area contributed by atoms with E-state index in [1.54, 1.807) is 0 Å². The molecule has 0 saturated heterocycles. The summed E-state index contributed by atoms with van der Waals surface area (Å²) in [5, 5.41) is 9.29. The average Bonchev–Trinajstić information content (AvgIpc) is 2.40. The monoisotopic (exact) mass is 232 g/mol. The molecular formula is C15H20O2. The molecule has 2 atom stereocenters. The first kappa shape index (κ1) is 12.3. The Morgan fingerprint density at radius 1 is 1.06 bits per heavy atom. The molecule has 0 aliphatic heterocycles. The summed E-state index contributed by atoms with van der Waals surface area (Å²) >= 11 is 0. The minimum absolute atomic E-state index is 0.268. The van der Waals surface area contributed by atoms with Crippen LogP contribution in [0.2, 0.25) is 0 Å². The van der Waals surface area contributed by atoms with Gasteiger partial charge in [-0.3, -0.25) is 0 Å². The molecule has 17 heavy (non-hydrogen) atoms. The Morgan fingerprint density at radius 2 is 1.76 bits per heavy atom. The fourth-order valence-electron chi connectivity index (χ4n) is 2.26. The molecule has 0 heterocycles. The standard InChI is InChI=1S/C15H20O2/c16-10-14-8-4-5-9-15(14)12-17-11-13-6-2-1-3-7-13/h1-7,14-16H,8-12H2. The fraction of sp³-hybridized carbons (Fsp3) is 0.467. The smallest absolute Gasteiger partial charge is 0.0717 e. The van der Waals surface area contributed by atoms with E-state index < -0.39 is 0 Å². The van der Waals surface area contributed by atoms with Gasteiger partial charge in [0.2, 0.25) is 0 Å². The summed E-state index contributed by atoms with van der Waals surface area (Å²) in [7, 11) is 0. The third-order valence-electron chi connectivity index (χ3n) is 3.39. The Hall–Kier alpha value is -1.12. The summed E-state index contributed by atoms with van der Waals surface area (Å²) in [6, 6.07) is 10.2. The molecule has 92 valence electrons. The molecule has 0 spiro atoms. The molecule has 2 unspecified atom stereocenters. The van der Waals surface area contributed by atoms with Crippen LogP contribution in [0.4, 0.5) is 0 Å². The van der Waals surface area contributed by atoms with Gasteiger partial charge in [0.05, 0.1) is 13.2 Å². The average molecular weight is 232 g/mol. The van der Waals surface area contributed by atoms with E-state index in [9.17, 15) is 5.11 Å². The number of aliphatic hydroxyl groups is 1. The third kappa shape index (κ3) is 3.69. The highest BCUT2D eigenvalue weighted by Gasteiger charge is 2.21. The van der Waals surface area contributed by atoms with Crippen molar-refractivity contribution in [3.05, 3.63) is 48.0 Å². The van der Waals surface area contributed by atoms with E-state index in [1.807, 2.05) is 18.2 Å². The summed E-state index contributed by atoms with van der Waals surface area (Å²) < 4.78 is 5.75. The molecule has 1 aromatic carbocycles. The van der Waals surface area contributed by atoms with Gasteiger partial charge in [0.15, 0.2) is 0 Å². The molecule has 2 heteroatoms. The quantitative estimate of drug-likeness (QED) is 0.791. The Bertz CT molecular complexity index is 345. The molecule has 2 rings (SSSR count). The van der Waals surface area contributed by atoms with Crippen molar-refractivity contribution in [2.75, 3.05) is 13.2 Å². The number of hydrogen-bond acceptors (Lipinski definition) is 2. The number of ether oxygens (including phenoxy) is 1. The summed E-state index contributed by atoms with van der Waals surface area (Å²) in [5.74, 6) is 0.837. The largest absolute Gasteiger partial charge is 0.396 e. The molecule has 0 saturated carbocycles. The van der Waals surface area contributed by atoms with Crippen molar-refractivity contribution in [3.63, 3.8) is 0 Å². The lowest BCUT2D eigenvalue weighted by Gasteiger charge is -2.26. The van der Waals surface area contributed by atoms with Gasteiger partial charge in [-0.25, -0.2) is 0 Å². The molecule has 0 amide bonds. The van der Waals surface area contributed by atoms with E-state index >= 15 is 0 Å². The fourth-order valence-corrected chi connectivity index (χ4v) is 2.26. The maximum Gasteiger partial charge on any atom is 0.0717 e. The second-order valence-corrected chi connectivity index (χ2v) is 4.65. The van der Waals surface area contributed by atoms with Crippen LogP contribution < -0.4 is 0 Å². The van der Waals surface area contributed by atoms with E-state index in [0.29, 0.717) is 18.4 Å². The normalized spacial score (nSPS) is 23.8. The van der Waals surface area contributed by atoms with Gasteiger partial charge in [0.1, 0.15) is 0 Å². The highest BCUT2D eigenvalue weighted by molar-refractivity contribution is 5.13. The molecule has 0 bridgehead atoms. The van der Waals surface area contributed by atoms with Gasteiger partial charge in [0, 0.05) is 6.61 Å². The van der Waals surface area contributed by atoms with Crippen LogP contribution in [0.15, 0.2) is 42.5 Å². The maximum absolute atomic E-state index is 9.29. The van der Waals surface area contributed by atoms with Crippen molar-refractivity contribution < 1.29 is 9.84 Å². The Balaban J connectivity index is 1.76. The van der Waals surface area contributed by atoms with E-state index in [2.05, 4.69) is 24.3 Å². The third-order valence-corrected chi connectivity index (χ3v) is 3.39. The van der Waals surface area contributed by atoms with Crippen molar-refractivity contribution in [2.45, 2.75) is 19.4 Å². The van der Waals surface area contributed by atoms with Gasteiger partial charge in [-0.15, -0.1) is 0 Å². The zero-order valence-corrected chi connectivity index (χ0v) is 10.1. The molecular weight excluding hydrogens is 212 g/mol. The summed E-state index contributed by atoms with van der Waals surface area (Å²) in [4.78, 5) is 0. The number of hydrogen-bond donors (Lipinski definition) is 1. The zero-order valence-electron chi connectivity index (χ0n) is 10.1. The number of aliphatic hydroxyl groups excluding tert-OH is 1. The van der Waals surface area contributed by atoms with Crippen LogP contribution in [0.1, 0.15) is 18.4 Å². The second-order valence-electron chi connectivity index (χ2n) is 4.65. The van der Waals surface area contributed by atoms with Crippen LogP contribution in [0.3, 0.4) is 0 Å². The van der Waals surface area contributed by atoms with Crippen LogP contribution in [0.5, 0.6) is 0 Å². The van der Waals surface area contributed by atoms with Crippen LogP contribution in [0.25, 0.3) is 0 Å². The molecule has 0 radical (unpaired) electrons. The number of rotatable bonds is 5. The SMILES string of the molecule is OCC1CC=CCC1COCc1ccccc1. The van der Waals surface area contributed by atoms with Gasteiger partial charge in [-0.05, 0) is 30.2 Å². The topological polar surface area (TPSA) is 29.5 Å². The van der Waals surface area contributed by atoms with Crippen molar-refractivity contribution in [1.82, 2.24) is 0 Å². The van der Waals surface area contributed by atoms with Gasteiger partial charge in [0.25, 0.3) is 0 Å². The summed E-state index contributed by atoms with van der Waals surface area (Å²) in [5.41, 5.74) is 1.21. The summed E-state index contributed by atoms with van der Waals surface area (Å²) in [6.07, 6.45) is 6.37. The molecule has 0 fully saturated rings. The molecule has 1 aliphatic rings. The Kier molecular flexibility index (Phi) is 4.77. The maximum atomic E-state index is 9.29.